The van der Waals surface area contributed by atoms with E-state index in [2.05, 4.69) is 10.6 Å². The molecule has 0 atom stereocenters. The summed E-state index contributed by atoms with van der Waals surface area (Å²) in [6.07, 6.45) is 0. The zero-order valence-electron chi connectivity index (χ0n) is 11.7. The van der Waals surface area contributed by atoms with Gasteiger partial charge in [0.05, 0.1) is 0 Å². The fourth-order valence-corrected chi connectivity index (χ4v) is 2.04. The first-order chi connectivity index (χ1) is 10.2. The number of rotatable bonds is 6. The number of carbonyl (C=O) groups excluding carboxylic acids is 1. The van der Waals surface area contributed by atoms with Gasteiger partial charge in [-0.05, 0) is 35.9 Å². The van der Waals surface area contributed by atoms with Gasteiger partial charge in [-0.25, -0.2) is 0 Å². The first kappa shape index (κ1) is 15.4. The average Bonchev–Trinajstić information content (AvgIpc) is 2.48. The predicted octanol–water partition coefficient (Wildman–Crippen LogP) is 3.54. The van der Waals surface area contributed by atoms with E-state index in [1.54, 1.807) is 0 Å². The summed E-state index contributed by atoms with van der Waals surface area (Å²) in [6, 6.07) is 15.2. The van der Waals surface area contributed by atoms with Gasteiger partial charge in [-0.15, -0.1) is 0 Å². The standard InChI is InChI=1S/C16H17ClN2O2/c1-21-11-16(20)19-14-8-6-13(7-9-14)18-10-12-4-2-3-5-15(12)17/h2-9,18H,10-11H2,1H3,(H,19,20). The number of halogens is 1. The molecule has 2 aromatic rings. The molecule has 0 spiro atoms. The minimum absolute atomic E-state index is 0.0481. The van der Waals surface area contributed by atoms with Crippen LogP contribution in [0.1, 0.15) is 5.56 Å². The number of hydrogen-bond acceptors (Lipinski definition) is 3. The van der Waals surface area contributed by atoms with Crippen molar-refractivity contribution >= 4 is 28.9 Å². The fraction of sp³-hybridized carbons (Fsp3) is 0.188. The maximum Gasteiger partial charge on any atom is 0.250 e. The normalized spacial score (nSPS) is 10.2. The molecule has 0 aromatic heterocycles. The largest absolute Gasteiger partial charge is 0.381 e. The second kappa shape index (κ2) is 7.67. The lowest BCUT2D eigenvalue weighted by Crippen LogP contribution is -2.16. The molecule has 0 aliphatic carbocycles. The SMILES string of the molecule is COCC(=O)Nc1ccc(NCc2ccccc2Cl)cc1. The number of anilines is 2. The minimum atomic E-state index is -0.172. The minimum Gasteiger partial charge on any atom is -0.381 e. The van der Waals surface area contributed by atoms with Gasteiger partial charge in [0.15, 0.2) is 0 Å². The van der Waals surface area contributed by atoms with Gasteiger partial charge in [-0.2, -0.15) is 0 Å². The van der Waals surface area contributed by atoms with E-state index < -0.39 is 0 Å². The Morgan fingerprint density at radius 3 is 2.43 bits per heavy atom. The number of hydrogen-bond donors (Lipinski definition) is 2. The summed E-state index contributed by atoms with van der Waals surface area (Å²) in [6.45, 7) is 0.696. The van der Waals surface area contributed by atoms with Crippen LogP contribution in [0.5, 0.6) is 0 Å². The van der Waals surface area contributed by atoms with Crippen molar-refractivity contribution in [1.29, 1.82) is 0 Å². The molecule has 0 aliphatic heterocycles. The van der Waals surface area contributed by atoms with E-state index in [1.165, 1.54) is 7.11 Å². The Morgan fingerprint density at radius 1 is 1.10 bits per heavy atom. The zero-order chi connectivity index (χ0) is 15.1. The van der Waals surface area contributed by atoms with Gasteiger partial charge in [0.2, 0.25) is 5.91 Å². The van der Waals surface area contributed by atoms with Crippen molar-refractivity contribution in [2.75, 3.05) is 24.4 Å². The summed E-state index contributed by atoms with van der Waals surface area (Å²) >= 11 is 6.10. The molecule has 21 heavy (non-hydrogen) atoms. The van der Waals surface area contributed by atoms with Crippen LogP contribution < -0.4 is 10.6 Å². The van der Waals surface area contributed by atoms with Gasteiger partial charge in [0.1, 0.15) is 6.61 Å². The second-order valence-corrected chi connectivity index (χ2v) is 4.91. The van der Waals surface area contributed by atoms with Gasteiger partial charge in [0, 0.05) is 30.1 Å². The van der Waals surface area contributed by atoms with Gasteiger partial charge in [-0.3, -0.25) is 4.79 Å². The third kappa shape index (κ3) is 4.77. The van der Waals surface area contributed by atoms with E-state index in [0.717, 1.165) is 22.0 Å². The van der Waals surface area contributed by atoms with Crippen molar-refractivity contribution in [3.05, 3.63) is 59.1 Å². The van der Waals surface area contributed by atoms with Crippen molar-refractivity contribution in [3.8, 4) is 0 Å². The molecule has 0 bridgehead atoms. The number of methoxy groups -OCH3 is 1. The van der Waals surface area contributed by atoms with Crippen LogP contribution >= 0.6 is 11.6 Å². The molecule has 0 saturated heterocycles. The third-order valence-electron chi connectivity index (χ3n) is 2.88. The van der Waals surface area contributed by atoms with Crippen molar-refractivity contribution in [2.24, 2.45) is 0 Å². The smallest absolute Gasteiger partial charge is 0.250 e. The molecular weight excluding hydrogens is 288 g/mol. The highest BCUT2D eigenvalue weighted by Gasteiger charge is 2.02. The van der Waals surface area contributed by atoms with Crippen LogP contribution in [0.25, 0.3) is 0 Å². The van der Waals surface area contributed by atoms with Gasteiger partial charge < -0.3 is 15.4 Å². The first-order valence-corrected chi connectivity index (χ1v) is 6.93. The lowest BCUT2D eigenvalue weighted by atomic mass is 10.2. The molecule has 1 amide bonds. The summed E-state index contributed by atoms with van der Waals surface area (Å²) in [4.78, 5) is 11.4. The van der Waals surface area contributed by atoms with Crippen LogP contribution in [0.15, 0.2) is 48.5 Å². The van der Waals surface area contributed by atoms with E-state index in [9.17, 15) is 4.79 Å². The Bertz CT molecular complexity index is 599. The summed E-state index contributed by atoms with van der Waals surface area (Å²) in [7, 11) is 1.49. The molecule has 0 saturated carbocycles. The van der Waals surface area contributed by atoms with E-state index in [1.807, 2.05) is 48.5 Å². The molecule has 0 unspecified atom stereocenters. The maximum atomic E-state index is 11.4. The second-order valence-electron chi connectivity index (χ2n) is 4.50. The Labute approximate surface area is 129 Å². The quantitative estimate of drug-likeness (QED) is 0.858. The van der Waals surface area contributed by atoms with Crippen LogP contribution in [0.2, 0.25) is 5.02 Å². The molecule has 2 rings (SSSR count). The number of benzene rings is 2. The number of nitrogens with one attached hydrogen (secondary N) is 2. The van der Waals surface area contributed by atoms with Crippen LogP contribution in [-0.4, -0.2) is 19.6 Å². The van der Waals surface area contributed by atoms with Gasteiger partial charge in [0.25, 0.3) is 0 Å². The van der Waals surface area contributed by atoms with Crippen molar-refractivity contribution in [3.63, 3.8) is 0 Å². The zero-order valence-corrected chi connectivity index (χ0v) is 12.5. The predicted molar refractivity (Wildman–Crippen MR) is 85.7 cm³/mol. The molecule has 5 heteroatoms. The van der Waals surface area contributed by atoms with Crippen LogP contribution in [-0.2, 0) is 16.1 Å². The topological polar surface area (TPSA) is 50.4 Å². The highest BCUT2D eigenvalue weighted by atomic mass is 35.5. The van der Waals surface area contributed by atoms with Gasteiger partial charge >= 0.3 is 0 Å². The molecule has 0 heterocycles. The average molecular weight is 305 g/mol. The van der Waals surface area contributed by atoms with E-state index >= 15 is 0 Å². The summed E-state index contributed by atoms with van der Waals surface area (Å²) in [5.41, 5.74) is 2.73. The molecule has 110 valence electrons. The lowest BCUT2D eigenvalue weighted by molar-refractivity contribution is -0.119. The first-order valence-electron chi connectivity index (χ1n) is 6.55. The lowest BCUT2D eigenvalue weighted by Gasteiger charge is -2.09. The molecule has 4 nitrogen and oxygen atoms in total. The van der Waals surface area contributed by atoms with E-state index in [-0.39, 0.29) is 12.5 Å². The molecule has 0 fully saturated rings. The highest BCUT2D eigenvalue weighted by molar-refractivity contribution is 6.31. The fourth-order valence-electron chi connectivity index (χ4n) is 1.84. The van der Waals surface area contributed by atoms with Gasteiger partial charge in [-0.1, -0.05) is 29.8 Å². The van der Waals surface area contributed by atoms with E-state index in [0.29, 0.717) is 6.54 Å². The number of carbonyl (C=O) groups is 1. The van der Waals surface area contributed by atoms with Crippen LogP contribution in [0.4, 0.5) is 11.4 Å². The Balaban J connectivity index is 1.91. The molecule has 2 aromatic carbocycles. The van der Waals surface area contributed by atoms with Crippen LogP contribution in [0, 0.1) is 0 Å². The summed E-state index contributed by atoms with van der Waals surface area (Å²) in [5, 5.41) is 6.77. The number of ether oxygens (including phenoxy) is 1. The molecule has 0 aliphatic rings. The summed E-state index contributed by atoms with van der Waals surface area (Å²) in [5.74, 6) is -0.172. The summed E-state index contributed by atoms with van der Waals surface area (Å²) < 4.78 is 4.76. The third-order valence-corrected chi connectivity index (χ3v) is 3.25. The maximum absolute atomic E-state index is 11.4. The highest BCUT2D eigenvalue weighted by Crippen LogP contribution is 2.18. The number of amides is 1. The monoisotopic (exact) mass is 304 g/mol. The molecular formula is C16H17ClN2O2. The van der Waals surface area contributed by atoms with Crippen molar-refractivity contribution in [1.82, 2.24) is 0 Å². The molecule has 0 radical (unpaired) electrons. The Hall–Kier alpha value is -2.04. The van der Waals surface area contributed by atoms with E-state index in [4.69, 9.17) is 16.3 Å². The van der Waals surface area contributed by atoms with Crippen LogP contribution in [0.3, 0.4) is 0 Å². The molecule has 2 N–H and O–H groups in total. The Kier molecular flexibility index (Phi) is 5.60. The Morgan fingerprint density at radius 2 is 1.76 bits per heavy atom. The van der Waals surface area contributed by atoms with Crippen molar-refractivity contribution in [2.45, 2.75) is 6.54 Å². The van der Waals surface area contributed by atoms with Crippen molar-refractivity contribution < 1.29 is 9.53 Å².